The molecule has 2 aliphatic rings. The Morgan fingerprint density at radius 3 is 2.47 bits per heavy atom. The second-order valence-electron chi connectivity index (χ2n) is 4.64. The molecule has 0 unspecified atom stereocenters. The highest BCUT2D eigenvalue weighted by Gasteiger charge is 2.21. The summed E-state index contributed by atoms with van der Waals surface area (Å²) in [4.78, 5) is 14.6. The van der Waals surface area contributed by atoms with E-state index in [0.717, 1.165) is 18.7 Å². The maximum Gasteiger partial charge on any atom is 0.263 e. The van der Waals surface area contributed by atoms with Gasteiger partial charge in [-0.3, -0.25) is 4.79 Å². The van der Waals surface area contributed by atoms with Gasteiger partial charge in [0.25, 0.3) is 5.91 Å². The standard InChI is InChI=1S/C14H14N2OS2/c17-13-12(19-14(18)15-13)9-10-3-5-11(6-4-10)16-7-1-2-8-16/h3-6,9H,1-2,7-8H2,(H,15,17,18)/b12-9-. The lowest BCUT2D eigenvalue weighted by Gasteiger charge is -2.17. The van der Waals surface area contributed by atoms with Crippen LogP contribution in [0.25, 0.3) is 6.08 Å². The number of nitrogens with zero attached hydrogens (tertiary/aromatic N) is 1. The molecule has 1 aromatic rings. The van der Waals surface area contributed by atoms with Gasteiger partial charge in [-0.15, -0.1) is 0 Å². The van der Waals surface area contributed by atoms with Gasteiger partial charge >= 0.3 is 0 Å². The molecular formula is C14H14N2OS2. The van der Waals surface area contributed by atoms with Crippen molar-refractivity contribution in [1.82, 2.24) is 5.32 Å². The Labute approximate surface area is 122 Å². The van der Waals surface area contributed by atoms with Crippen molar-refractivity contribution >= 4 is 46.0 Å². The minimum atomic E-state index is -0.0985. The molecule has 1 aromatic carbocycles. The van der Waals surface area contributed by atoms with E-state index in [1.165, 1.54) is 30.3 Å². The molecule has 0 aromatic heterocycles. The van der Waals surface area contributed by atoms with Gasteiger partial charge in [-0.2, -0.15) is 0 Å². The molecule has 0 radical (unpaired) electrons. The maximum atomic E-state index is 11.6. The van der Waals surface area contributed by atoms with E-state index >= 15 is 0 Å². The number of amides is 1. The lowest BCUT2D eigenvalue weighted by Crippen LogP contribution is -2.17. The number of benzene rings is 1. The summed E-state index contributed by atoms with van der Waals surface area (Å²) in [6.07, 6.45) is 4.44. The van der Waals surface area contributed by atoms with Crippen LogP contribution in [0.2, 0.25) is 0 Å². The lowest BCUT2D eigenvalue weighted by atomic mass is 10.2. The predicted molar refractivity (Wildman–Crippen MR) is 84.2 cm³/mol. The smallest absolute Gasteiger partial charge is 0.263 e. The molecule has 1 N–H and O–H groups in total. The van der Waals surface area contributed by atoms with E-state index in [0.29, 0.717) is 9.23 Å². The highest BCUT2D eigenvalue weighted by atomic mass is 32.2. The minimum absolute atomic E-state index is 0.0985. The van der Waals surface area contributed by atoms with Crippen molar-refractivity contribution in [2.75, 3.05) is 18.0 Å². The highest BCUT2D eigenvalue weighted by Crippen LogP contribution is 2.27. The number of carbonyl (C=O) groups is 1. The van der Waals surface area contributed by atoms with Crippen LogP contribution >= 0.6 is 24.0 Å². The first-order chi connectivity index (χ1) is 9.22. The van der Waals surface area contributed by atoms with Crippen LogP contribution in [-0.4, -0.2) is 23.3 Å². The number of thiocarbonyl (C=S) groups is 1. The summed E-state index contributed by atoms with van der Waals surface area (Å²) in [5.74, 6) is -0.0985. The van der Waals surface area contributed by atoms with Crippen LogP contribution in [-0.2, 0) is 4.79 Å². The molecule has 0 saturated carbocycles. The van der Waals surface area contributed by atoms with Crippen molar-refractivity contribution in [2.24, 2.45) is 0 Å². The third-order valence-corrected chi connectivity index (χ3v) is 4.47. The SMILES string of the molecule is O=C1NC(=S)S/C1=C\c1ccc(N2CCCC2)cc1. The molecule has 2 saturated heterocycles. The Kier molecular flexibility index (Phi) is 3.57. The van der Waals surface area contributed by atoms with Gasteiger partial charge < -0.3 is 10.2 Å². The predicted octanol–water partition coefficient (Wildman–Crippen LogP) is 2.78. The molecule has 3 rings (SSSR count). The van der Waals surface area contributed by atoms with Gasteiger partial charge in [-0.25, -0.2) is 0 Å². The van der Waals surface area contributed by atoms with Gasteiger partial charge in [-0.1, -0.05) is 36.1 Å². The molecule has 0 bridgehead atoms. The molecular weight excluding hydrogens is 276 g/mol. The van der Waals surface area contributed by atoms with Crippen molar-refractivity contribution in [2.45, 2.75) is 12.8 Å². The van der Waals surface area contributed by atoms with Gasteiger partial charge in [0.15, 0.2) is 0 Å². The molecule has 2 fully saturated rings. The van der Waals surface area contributed by atoms with Gasteiger partial charge in [-0.05, 0) is 36.6 Å². The quantitative estimate of drug-likeness (QED) is 0.670. The topological polar surface area (TPSA) is 32.3 Å². The first-order valence-electron chi connectivity index (χ1n) is 6.32. The molecule has 2 aliphatic heterocycles. The lowest BCUT2D eigenvalue weighted by molar-refractivity contribution is -0.115. The molecule has 0 atom stereocenters. The van der Waals surface area contributed by atoms with Gasteiger partial charge in [0.05, 0.1) is 4.91 Å². The number of rotatable bonds is 2. The minimum Gasteiger partial charge on any atom is -0.372 e. The third-order valence-electron chi connectivity index (χ3n) is 3.30. The van der Waals surface area contributed by atoms with E-state index in [4.69, 9.17) is 12.2 Å². The normalized spacial score (nSPS) is 21.3. The van der Waals surface area contributed by atoms with E-state index in [-0.39, 0.29) is 5.91 Å². The van der Waals surface area contributed by atoms with Gasteiger partial charge in [0.2, 0.25) is 0 Å². The van der Waals surface area contributed by atoms with Crippen molar-refractivity contribution in [1.29, 1.82) is 0 Å². The molecule has 0 aliphatic carbocycles. The van der Waals surface area contributed by atoms with E-state index in [1.807, 2.05) is 6.08 Å². The monoisotopic (exact) mass is 290 g/mol. The fourth-order valence-corrected chi connectivity index (χ4v) is 3.37. The third kappa shape index (κ3) is 2.82. The summed E-state index contributed by atoms with van der Waals surface area (Å²) in [5.41, 5.74) is 2.30. The summed E-state index contributed by atoms with van der Waals surface area (Å²) in [6, 6.07) is 8.34. The zero-order valence-electron chi connectivity index (χ0n) is 10.4. The number of anilines is 1. The summed E-state index contributed by atoms with van der Waals surface area (Å²) in [7, 11) is 0. The Morgan fingerprint density at radius 2 is 1.89 bits per heavy atom. The second-order valence-corrected chi connectivity index (χ2v) is 6.36. The summed E-state index contributed by atoms with van der Waals surface area (Å²) < 4.78 is 0.532. The number of hydrogen-bond donors (Lipinski definition) is 1. The van der Waals surface area contributed by atoms with Crippen LogP contribution < -0.4 is 10.2 Å². The van der Waals surface area contributed by atoms with Crippen molar-refractivity contribution in [3.05, 3.63) is 34.7 Å². The number of thioether (sulfide) groups is 1. The average Bonchev–Trinajstić information content (AvgIpc) is 3.01. The second kappa shape index (κ2) is 5.35. The number of carbonyl (C=O) groups excluding carboxylic acids is 1. The largest absolute Gasteiger partial charge is 0.372 e. The average molecular weight is 290 g/mol. The number of hydrogen-bond acceptors (Lipinski definition) is 4. The van der Waals surface area contributed by atoms with E-state index in [2.05, 4.69) is 34.5 Å². The van der Waals surface area contributed by atoms with Crippen LogP contribution in [0.4, 0.5) is 5.69 Å². The zero-order chi connectivity index (χ0) is 13.2. The fourth-order valence-electron chi connectivity index (χ4n) is 2.33. The zero-order valence-corrected chi connectivity index (χ0v) is 12.0. The summed E-state index contributed by atoms with van der Waals surface area (Å²) in [6.45, 7) is 2.29. The maximum absolute atomic E-state index is 11.6. The van der Waals surface area contributed by atoms with Crippen LogP contribution in [0.15, 0.2) is 29.2 Å². The summed E-state index contributed by atoms with van der Waals surface area (Å²) in [5, 5.41) is 2.62. The van der Waals surface area contributed by atoms with Crippen LogP contribution in [0.5, 0.6) is 0 Å². The van der Waals surface area contributed by atoms with Crippen molar-refractivity contribution in [3.8, 4) is 0 Å². The van der Waals surface area contributed by atoms with Crippen LogP contribution in [0.3, 0.4) is 0 Å². The molecule has 2 heterocycles. The first-order valence-corrected chi connectivity index (χ1v) is 7.55. The number of nitrogens with one attached hydrogen (secondary N) is 1. The molecule has 3 nitrogen and oxygen atoms in total. The fraction of sp³-hybridized carbons (Fsp3) is 0.286. The Bertz CT molecular complexity index is 545. The molecule has 0 spiro atoms. The Hall–Kier alpha value is -1.33. The van der Waals surface area contributed by atoms with E-state index in [9.17, 15) is 4.79 Å². The molecule has 98 valence electrons. The van der Waals surface area contributed by atoms with Crippen molar-refractivity contribution in [3.63, 3.8) is 0 Å². The molecule has 5 heteroatoms. The van der Waals surface area contributed by atoms with E-state index < -0.39 is 0 Å². The van der Waals surface area contributed by atoms with E-state index in [1.54, 1.807) is 0 Å². The molecule has 19 heavy (non-hydrogen) atoms. The van der Waals surface area contributed by atoms with Gasteiger partial charge in [0, 0.05) is 18.8 Å². The van der Waals surface area contributed by atoms with Crippen LogP contribution in [0, 0.1) is 0 Å². The Balaban J connectivity index is 1.77. The summed E-state index contributed by atoms with van der Waals surface area (Å²) >= 11 is 6.29. The van der Waals surface area contributed by atoms with Crippen molar-refractivity contribution < 1.29 is 4.79 Å². The first kappa shape index (κ1) is 12.7. The highest BCUT2D eigenvalue weighted by molar-refractivity contribution is 8.26. The van der Waals surface area contributed by atoms with Crippen LogP contribution in [0.1, 0.15) is 18.4 Å². The Morgan fingerprint density at radius 1 is 1.21 bits per heavy atom. The van der Waals surface area contributed by atoms with Gasteiger partial charge in [0.1, 0.15) is 4.32 Å². The molecule has 1 amide bonds.